The Morgan fingerprint density at radius 1 is 1.04 bits per heavy atom. The van der Waals surface area contributed by atoms with Crippen LogP contribution in [0.25, 0.3) is 0 Å². The van der Waals surface area contributed by atoms with Gasteiger partial charge in [-0.25, -0.2) is 0 Å². The molecule has 0 unspecified atom stereocenters. The van der Waals surface area contributed by atoms with Crippen LogP contribution in [0.1, 0.15) is 5.56 Å². The van der Waals surface area contributed by atoms with Gasteiger partial charge in [0.05, 0.1) is 20.8 Å². The highest BCUT2D eigenvalue weighted by atomic mass is 127. The van der Waals surface area contributed by atoms with Gasteiger partial charge in [0.15, 0.2) is 17.5 Å². The molecule has 0 spiro atoms. The lowest BCUT2D eigenvalue weighted by Gasteiger charge is -2.15. The summed E-state index contributed by atoms with van der Waals surface area (Å²) in [4.78, 5) is 4.22. The van der Waals surface area contributed by atoms with E-state index in [4.69, 9.17) is 14.2 Å². The van der Waals surface area contributed by atoms with E-state index < -0.39 is 0 Å². The Morgan fingerprint density at radius 2 is 1.70 bits per heavy atom. The maximum Gasteiger partial charge on any atom is 0.191 e. The Balaban J connectivity index is 0.00000364. The van der Waals surface area contributed by atoms with Crippen molar-refractivity contribution in [2.24, 2.45) is 4.99 Å². The molecule has 0 aliphatic heterocycles. The molecule has 0 aliphatic rings. The van der Waals surface area contributed by atoms with Gasteiger partial charge in [-0.3, -0.25) is 4.99 Å². The monoisotopic (exact) mass is 549 g/mol. The van der Waals surface area contributed by atoms with E-state index in [2.05, 4.69) is 31.6 Å². The molecule has 0 radical (unpaired) electrons. The summed E-state index contributed by atoms with van der Waals surface area (Å²) in [5.74, 6) is 2.92. The molecule has 0 saturated carbocycles. The summed E-state index contributed by atoms with van der Waals surface area (Å²) in [6.45, 7) is 1.77. The first-order chi connectivity index (χ1) is 12.7. The minimum absolute atomic E-state index is 0. The fraction of sp³-hybridized carbons (Fsp3) is 0.316. The van der Waals surface area contributed by atoms with E-state index in [0.717, 1.165) is 15.8 Å². The van der Waals surface area contributed by atoms with E-state index in [-0.39, 0.29) is 24.0 Å². The molecule has 27 heavy (non-hydrogen) atoms. The molecule has 0 aromatic heterocycles. The number of rotatable bonds is 8. The molecule has 0 atom stereocenters. The molecular weight excluding hydrogens is 525 g/mol. The minimum atomic E-state index is 0. The van der Waals surface area contributed by atoms with Crippen molar-refractivity contribution in [3.8, 4) is 17.2 Å². The zero-order valence-corrected chi connectivity index (χ0v) is 19.5. The minimum Gasteiger partial charge on any atom is -0.493 e. The van der Waals surface area contributed by atoms with Crippen LogP contribution in [0.2, 0.25) is 0 Å². The highest BCUT2D eigenvalue weighted by Crippen LogP contribution is 2.33. The van der Waals surface area contributed by atoms with Gasteiger partial charge in [0, 0.05) is 18.1 Å². The van der Waals surface area contributed by atoms with Crippen molar-refractivity contribution in [2.75, 3.05) is 34.4 Å². The molecular formula is C19H25BrIN3O3. The van der Waals surface area contributed by atoms with Crippen LogP contribution in [-0.4, -0.2) is 40.4 Å². The Hall–Kier alpha value is -1.68. The summed E-state index contributed by atoms with van der Waals surface area (Å²) in [5.41, 5.74) is 1.03. The maximum atomic E-state index is 5.66. The van der Waals surface area contributed by atoms with Crippen LogP contribution in [-0.2, 0) is 6.54 Å². The standard InChI is InChI=1S/C19H24BrN3O3.HI/c1-21-19(22-9-10-26-15-7-5-4-6-8-15)23-13-14-11-17(24-2)18(25-3)12-16(14)20;/h4-8,11-12H,9-10,13H2,1-3H3,(H2,21,22,23);1H. The van der Waals surface area contributed by atoms with Crippen molar-refractivity contribution in [1.29, 1.82) is 0 Å². The average molecular weight is 550 g/mol. The van der Waals surface area contributed by atoms with Crippen molar-refractivity contribution in [1.82, 2.24) is 10.6 Å². The molecule has 148 valence electrons. The van der Waals surface area contributed by atoms with Crippen LogP contribution < -0.4 is 24.8 Å². The zero-order valence-electron chi connectivity index (χ0n) is 15.6. The second kappa shape index (κ2) is 12.7. The molecule has 0 amide bonds. The third kappa shape index (κ3) is 7.45. The number of aliphatic imine (C=N–C) groups is 1. The van der Waals surface area contributed by atoms with Gasteiger partial charge in [-0.1, -0.05) is 34.1 Å². The quantitative estimate of drug-likeness (QED) is 0.227. The summed E-state index contributed by atoms with van der Waals surface area (Å²) in [6.07, 6.45) is 0. The summed E-state index contributed by atoms with van der Waals surface area (Å²) < 4.78 is 17.2. The molecule has 0 bridgehead atoms. The number of hydrogen-bond donors (Lipinski definition) is 2. The third-order valence-corrected chi connectivity index (χ3v) is 4.37. The van der Waals surface area contributed by atoms with Gasteiger partial charge in [-0.15, -0.1) is 24.0 Å². The topological polar surface area (TPSA) is 64.1 Å². The van der Waals surface area contributed by atoms with Crippen LogP contribution in [0.5, 0.6) is 17.2 Å². The molecule has 0 aliphatic carbocycles. The molecule has 2 N–H and O–H groups in total. The predicted octanol–water partition coefficient (Wildman–Crippen LogP) is 3.83. The highest BCUT2D eigenvalue weighted by molar-refractivity contribution is 14.0. The SMILES string of the molecule is CN=C(NCCOc1ccccc1)NCc1cc(OC)c(OC)cc1Br.I. The number of nitrogens with one attached hydrogen (secondary N) is 2. The third-order valence-electron chi connectivity index (χ3n) is 3.63. The summed E-state index contributed by atoms with van der Waals surface area (Å²) in [5, 5.41) is 6.49. The number of methoxy groups -OCH3 is 2. The van der Waals surface area contributed by atoms with E-state index >= 15 is 0 Å². The summed E-state index contributed by atoms with van der Waals surface area (Å²) >= 11 is 3.56. The fourth-order valence-corrected chi connectivity index (χ4v) is 2.75. The van der Waals surface area contributed by atoms with E-state index in [1.54, 1.807) is 21.3 Å². The van der Waals surface area contributed by atoms with Crippen molar-refractivity contribution < 1.29 is 14.2 Å². The molecule has 0 fully saturated rings. The Labute approximate surface area is 185 Å². The fourth-order valence-electron chi connectivity index (χ4n) is 2.29. The van der Waals surface area contributed by atoms with Crippen LogP contribution in [0.3, 0.4) is 0 Å². The van der Waals surface area contributed by atoms with Crippen LogP contribution in [0.15, 0.2) is 51.9 Å². The Morgan fingerprint density at radius 3 is 2.33 bits per heavy atom. The molecule has 8 heteroatoms. The van der Waals surface area contributed by atoms with Crippen LogP contribution in [0, 0.1) is 0 Å². The van der Waals surface area contributed by atoms with Gasteiger partial charge in [0.2, 0.25) is 0 Å². The van der Waals surface area contributed by atoms with E-state index in [0.29, 0.717) is 37.2 Å². The smallest absolute Gasteiger partial charge is 0.191 e. The molecule has 2 aromatic carbocycles. The second-order valence-electron chi connectivity index (χ2n) is 5.31. The highest BCUT2D eigenvalue weighted by Gasteiger charge is 2.10. The first-order valence-electron chi connectivity index (χ1n) is 8.20. The number of hydrogen-bond acceptors (Lipinski definition) is 4. The van der Waals surface area contributed by atoms with Crippen molar-refractivity contribution >= 4 is 45.9 Å². The van der Waals surface area contributed by atoms with Crippen molar-refractivity contribution in [3.63, 3.8) is 0 Å². The number of benzene rings is 2. The van der Waals surface area contributed by atoms with Crippen LogP contribution in [0.4, 0.5) is 0 Å². The molecule has 2 aromatic rings. The van der Waals surface area contributed by atoms with Crippen LogP contribution >= 0.6 is 39.9 Å². The first kappa shape index (κ1) is 23.4. The molecule has 2 rings (SSSR count). The molecule has 6 nitrogen and oxygen atoms in total. The number of halogens is 2. The van der Waals surface area contributed by atoms with Crippen molar-refractivity contribution in [2.45, 2.75) is 6.54 Å². The van der Waals surface area contributed by atoms with Gasteiger partial charge in [-0.05, 0) is 29.8 Å². The average Bonchev–Trinajstić information content (AvgIpc) is 2.68. The maximum absolute atomic E-state index is 5.66. The van der Waals surface area contributed by atoms with E-state index in [1.165, 1.54) is 0 Å². The normalized spacial score (nSPS) is 10.6. The van der Waals surface area contributed by atoms with Gasteiger partial charge in [0.25, 0.3) is 0 Å². The summed E-state index contributed by atoms with van der Waals surface area (Å²) in [6, 6.07) is 13.5. The Kier molecular flexibility index (Phi) is 11.0. The first-order valence-corrected chi connectivity index (χ1v) is 9.00. The second-order valence-corrected chi connectivity index (χ2v) is 6.17. The lowest BCUT2D eigenvalue weighted by atomic mass is 10.2. The van der Waals surface area contributed by atoms with Gasteiger partial charge in [0.1, 0.15) is 12.4 Å². The van der Waals surface area contributed by atoms with Gasteiger partial charge < -0.3 is 24.8 Å². The zero-order chi connectivity index (χ0) is 18.8. The van der Waals surface area contributed by atoms with Gasteiger partial charge >= 0.3 is 0 Å². The Bertz CT molecular complexity index is 730. The number of ether oxygens (including phenoxy) is 3. The van der Waals surface area contributed by atoms with Crippen molar-refractivity contribution in [3.05, 3.63) is 52.5 Å². The predicted molar refractivity (Wildman–Crippen MR) is 123 cm³/mol. The number of guanidine groups is 1. The number of nitrogens with zero attached hydrogens (tertiary/aromatic N) is 1. The molecule has 0 saturated heterocycles. The molecule has 0 heterocycles. The lowest BCUT2D eigenvalue weighted by Crippen LogP contribution is -2.38. The van der Waals surface area contributed by atoms with E-state index in [9.17, 15) is 0 Å². The largest absolute Gasteiger partial charge is 0.493 e. The van der Waals surface area contributed by atoms with E-state index in [1.807, 2.05) is 42.5 Å². The number of para-hydroxylation sites is 1. The summed E-state index contributed by atoms with van der Waals surface area (Å²) in [7, 11) is 4.97. The van der Waals surface area contributed by atoms with Gasteiger partial charge in [-0.2, -0.15) is 0 Å². The lowest BCUT2D eigenvalue weighted by molar-refractivity contribution is 0.322.